The van der Waals surface area contributed by atoms with E-state index in [9.17, 15) is 30.3 Å². The molecule has 1 aliphatic rings. The lowest BCUT2D eigenvalue weighted by atomic mass is 9.89. The molecule has 3 aromatic rings. The Morgan fingerprint density at radius 3 is 2.09 bits per heavy atom. The topological polar surface area (TPSA) is 168 Å². The number of hydrogen-bond donors (Lipinski definition) is 5. The molecule has 0 aliphatic carbocycles. The minimum atomic E-state index is -1.69. The number of phenolic OH excluding ortho intramolecular Hbond substituents is 2. The van der Waals surface area contributed by atoms with Gasteiger partial charge < -0.3 is 48.9 Å². The molecule has 296 valence electrons. The molecule has 0 spiro atoms. The molecule has 1 aliphatic heterocycles. The molecular weight excluding hydrogens is 680 g/mol. The van der Waals surface area contributed by atoms with Crippen LogP contribution in [0, 0.1) is 23.7 Å². The first-order valence-corrected chi connectivity index (χ1v) is 19.4. The van der Waals surface area contributed by atoms with Gasteiger partial charge in [0, 0.05) is 17.7 Å². The summed E-state index contributed by atoms with van der Waals surface area (Å²) in [5.74, 6) is 1.32. The second-order valence-corrected chi connectivity index (χ2v) is 15.5. The van der Waals surface area contributed by atoms with Crippen LogP contribution in [0.3, 0.4) is 0 Å². The summed E-state index contributed by atoms with van der Waals surface area (Å²) >= 11 is 0. The first-order valence-electron chi connectivity index (χ1n) is 19.4. The Bertz CT molecular complexity index is 1620. The molecule has 0 bridgehead atoms. The number of fused-ring (bicyclic) bond motifs is 1. The smallest absolute Gasteiger partial charge is 0.239 e. The number of rotatable bonds is 20. The third-order valence-electron chi connectivity index (χ3n) is 10.8. The van der Waals surface area contributed by atoms with Gasteiger partial charge in [0.05, 0.1) is 19.8 Å². The van der Waals surface area contributed by atoms with Crippen LogP contribution in [0.15, 0.2) is 45.6 Å². The van der Waals surface area contributed by atoms with Crippen molar-refractivity contribution in [2.24, 2.45) is 23.7 Å². The largest absolute Gasteiger partial charge is 0.508 e. The Balaban J connectivity index is 1.49. The number of aromatic hydroxyl groups is 2. The van der Waals surface area contributed by atoms with E-state index >= 15 is 0 Å². The Morgan fingerprint density at radius 1 is 0.849 bits per heavy atom. The number of phenols is 2. The van der Waals surface area contributed by atoms with E-state index in [1.165, 1.54) is 45.3 Å². The van der Waals surface area contributed by atoms with E-state index in [2.05, 4.69) is 41.5 Å². The Kier molecular flexibility index (Phi) is 15.9. The van der Waals surface area contributed by atoms with Crippen LogP contribution in [0.4, 0.5) is 0 Å². The van der Waals surface area contributed by atoms with Gasteiger partial charge >= 0.3 is 0 Å². The molecule has 1 saturated heterocycles. The second-order valence-electron chi connectivity index (χ2n) is 15.5. The van der Waals surface area contributed by atoms with Crippen LogP contribution in [0.1, 0.15) is 99.3 Å². The summed E-state index contributed by atoms with van der Waals surface area (Å²) in [4.78, 5) is 13.9. The zero-order chi connectivity index (χ0) is 38.8. The van der Waals surface area contributed by atoms with E-state index in [0.29, 0.717) is 17.2 Å². The van der Waals surface area contributed by atoms with Gasteiger partial charge in [-0.05, 0) is 60.8 Å². The zero-order valence-electron chi connectivity index (χ0n) is 32.5. The van der Waals surface area contributed by atoms with Crippen molar-refractivity contribution in [3.63, 3.8) is 0 Å². The van der Waals surface area contributed by atoms with Crippen molar-refractivity contribution in [2.45, 2.75) is 136 Å². The highest BCUT2D eigenvalue weighted by molar-refractivity contribution is 5.88. The first kappa shape index (κ1) is 42.4. The molecule has 2 heterocycles. The highest BCUT2D eigenvalue weighted by Gasteiger charge is 2.48. The standard InChI is InChI=1S/C42H62O11/c1-8-27(6)32(20-15-26(5)14-10-13-25(4)12-9-11-24(2)3)50-40-34(23-43)52-42(38(48)37(40)47)53-41-36(46)35-31(45)21-29(44)22-33(35)51-39(41)28-16-18-30(49-7)19-17-28/h16-19,21-22,24-27,32,34,37-38,40,42-45,47-48H,8-15,20,23H2,1-7H3/t25-,26-,27+,32+,34-,37-,38-,40-,42+/m1/s1. The Hall–Kier alpha value is -3.35. The molecule has 4 rings (SSSR count). The van der Waals surface area contributed by atoms with Gasteiger partial charge in [-0.25, -0.2) is 0 Å². The van der Waals surface area contributed by atoms with Crippen LogP contribution >= 0.6 is 0 Å². The predicted molar refractivity (Wildman–Crippen MR) is 204 cm³/mol. The molecular formula is C42H62O11. The summed E-state index contributed by atoms with van der Waals surface area (Å²) in [5.41, 5.74) is -0.518. The molecule has 11 heteroatoms. The van der Waals surface area contributed by atoms with Crippen LogP contribution in [-0.4, -0.2) is 76.1 Å². The maximum atomic E-state index is 13.9. The summed E-state index contributed by atoms with van der Waals surface area (Å²) < 4.78 is 29.8. The number of methoxy groups -OCH3 is 1. The van der Waals surface area contributed by atoms with Gasteiger partial charge in [-0.2, -0.15) is 0 Å². The number of benzene rings is 2. The molecule has 0 unspecified atom stereocenters. The highest BCUT2D eigenvalue weighted by atomic mass is 16.7. The lowest BCUT2D eigenvalue weighted by Gasteiger charge is -2.43. The Morgan fingerprint density at radius 2 is 1.49 bits per heavy atom. The average molecular weight is 743 g/mol. The third-order valence-corrected chi connectivity index (χ3v) is 10.8. The van der Waals surface area contributed by atoms with E-state index in [-0.39, 0.29) is 34.5 Å². The van der Waals surface area contributed by atoms with Gasteiger partial charge in [-0.15, -0.1) is 0 Å². The maximum absolute atomic E-state index is 13.9. The van der Waals surface area contributed by atoms with E-state index < -0.39 is 54.2 Å². The van der Waals surface area contributed by atoms with Crippen LogP contribution in [-0.2, 0) is 9.47 Å². The molecule has 53 heavy (non-hydrogen) atoms. The van der Waals surface area contributed by atoms with Gasteiger partial charge in [0.2, 0.25) is 17.5 Å². The first-order chi connectivity index (χ1) is 25.3. The molecule has 1 aromatic heterocycles. The SMILES string of the molecule is CC[C@H](C)[C@H](CC[C@H](C)CCC[C@H](C)CCCC(C)C)O[C@H]1[C@H](O)[C@@H](O)[C@H](Oc2c(-c3ccc(OC)cc3)oc3cc(O)cc(O)c3c2=O)O[C@@H]1CO. The minimum absolute atomic E-state index is 0.0779. The summed E-state index contributed by atoms with van der Waals surface area (Å²) in [6, 6.07) is 8.73. The molecule has 1 fully saturated rings. The lowest BCUT2D eigenvalue weighted by Crippen LogP contribution is -2.62. The fourth-order valence-electron chi connectivity index (χ4n) is 7.12. The van der Waals surface area contributed by atoms with E-state index in [0.717, 1.165) is 43.6 Å². The summed E-state index contributed by atoms with van der Waals surface area (Å²) in [5, 5.41) is 53.7. The van der Waals surface area contributed by atoms with Crippen molar-refractivity contribution >= 4 is 11.0 Å². The van der Waals surface area contributed by atoms with Gasteiger partial charge in [0.25, 0.3) is 0 Å². The second kappa shape index (κ2) is 19.8. The van der Waals surface area contributed by atoms with Crippen molar-refractivity contribution in [3.8, 4) is 34.3 Å². The highest BCUT2D eigenvalue weighted by Crippen LogP contribution is 2.38. The fraction of sp³-hybridized carbons (Fsp3) is 0.643. The Labute approximate surface area is 313 Å². The van der Waals surface area contributed by atoms with Gasteiger partial charge in [0.15, 0.2) is 5.76 Å². The van der Waals surface area contributed by atoms with Gasteiger partial charge in [0.1, 0.15) is 52.6 Å². The fourth-order valence-corrected chi connectivity index (χ4v) is 7.12. The molecule has 0 amide bonds. The molecule has 5 N–H and O–H groups in total. The zero-order valence-corrected chi connectivity index (χ0v) is 32.5. The van der Waals surface area contributed by atoms with Crippen molar-refractivity contribution in [2.75, 3.05) is 13.7 Å². The molecule has 2 aromatic carbocycles. The van der Waals surface area contributed by atoms with Crippen LogP contribution < -0.4 is 14.9 Å². The van der Waals surface area contributed by atoms with E-state index in [4.69, 9.17) is 23.4 Å². The summed E-state index contributed by atoms with van der Waals surface area (Å²) in [7, 11) is 1.51. The predicted octanol–water partition coefficient (Wildman–Crippen LogP) is 7.55. The number of aliphatic hydroxyl groups excluding tert-OH is 3. The van der Waals surface area contributed by atoms with Gasteiger partial charge in [-0.3, -0.25) is 4.79 Å². The van der Waals surface area contributed by atoms with Crippen molar-refractivity contribution in [1.82, 2.24) is 0 Å². The lowest BCUT2D eigenvalue weighted by molar-refractivity contribution is -0.294. The van der Waals surface area contributed by atoms with Crippen molar-refractivity contribution in [1.29, 1.82) is 0 Å². The average Bonchev–Trinajstić information content (AvgIpc) is 3.12. The van der Waals surface area contributed by atoms with Crippen LogP contribution in [0.2, 0.25) is 0 Å². The minimum Gasteiger partial charge on any atom is -0.508 e. The molecule has 9 atom stereocenters. The van der Waals surface area contributed by atoms with E-state index in [1.807, 2.05) is 0 Å². The van der Waals surface area contributed by atoms with E-state index in [1.54, 1.807) is 24.3 Å². The molecule has 11 nitrogen and oxygen atoms in total. The van der Waals surface area contributed by atoms with Gasteiger partial charge in [-0.1, -0.05) is 86.5 Å². The third kappa shape index (κ3) is 11.1. The quantitative estimate of drug-likeness (QED) is 0.0775. The summed E-state index contributed by atoms with van der Waals surface area (Å²) in [6.45, 7) is 12.8. The normalized spacial score (nSPS) is 22.8. The van der Waals surface area contributed by atoms with Crippen molar-refractivity contribution < 1.29 is 48.9 Å². The van der Waals surface area contributed by atoms with Crippen LogP contribution in [0.25, 0.3) is 22.3 Å². The number of ether oxygens (including phenoxy) is 4. The number of hydrogen-bond acceptors (Lipinski definition) is 11. The monoisotopic (exact) mass is 742 g/mol. The number of aliphatic hydroxyl groups is 3. The molecule has 0 saturated carbocycles. The maximum Gasteiger partial charge on any atom is 0.239 e. The molecule has 0 radical (unpaired) electrons. The van der Waals surface area contributed by atoms with Crippen molar-refractivity contribution in [3.05, 3.63) is 46.6 Å². The summed E-state index contributed by atoms with van der Waals surface area (Å²) in [6.07, 6.45) is 2.66. The van der Waals surface area contributed by atoms with Crippen LogP contribution in [0.5, 0.6) is 23.0 Å².